The fourth-order valence-electron chi connectivity index (χ4n) is 3.70. The van der Waals surface area contributed by atoms with Gasteiger partial charge < -0.3 is 15.2 Å². The zero-order chi connectivity index (χ0) is 21.8. The standard InChI is InChI=1S/C20H20BrN7O2S/c1-26-5-4-14(12-26)16-3-2-13(10-23-16)15-11-24-28-18(22)17(21)20(25-19(15)28)27-6-8-31(29,30)9-7-27/h2-5,10-12H,6-9,22H2,1H3. The van der Waals surface area contributed by atoms with Crippen LogP contribution in [0.25, 0.3) is 28.0 Å². The van der Waals surface area contributed by atoms with E-state index >= 15 is 0 Å². The molecule has 1 aliphatic heterocycles. The van der Waals surface area contributed by atoms with Crippen molar-refractivity contribution in [3.8, 4) is 22.4 Å². The molecule has 0 aromatic carbocycles. The lowest BCUT2D eigenvalue weighted by Crippen LogP contribution is -2.41. The van der Waals surface area contributed by atoms with E-state index in [0.717, 1.165) is 22.4 Å². The number of anilines is 2. The molecule has 4 aromatic heterocycles. The minimum Gasteiger partial charge on any atom is -0.383 e. The van der Waals surface area contributed by atoms with Crippen LogP contribution in [0.3, 0.4) is 0 Å². The van der Waals surface area contributed by atoms with E-state index in [1.165, 1.54) is 0 Å². The zero-order valence-corrected chi connectivity index (χ0v) is 19.1. The Morgan fingerprint density at radius 3 is 2.52 bits per heavy atom. The van der Waals surface area contributed by atoms with Crippen LogP contribution < -0.4 is 10.6 Å². The highest BCUT2D eigenvalue weighted by atomic mass is 79.9. The smallest absolute Gasteiger partial charge is 0.167 e. The van der Waals surface area contributed by atoms with Crippen molar-refractivity contribution < 1.29 is 8.42 Å². The van der Waals surface area contributed by atoms with Gasteiger partial charge in [-0.05, 0) is 28.1 Å². The maximum atomic E-state index is 11.8. The molecule has 5 heterocycles. The van der Waals surface area contributed by atoms with Gasteiger partial charge in [0.25, 0.3) is 0 Å². The van der Waals surface area contributed by atoms with Crippen LogP contribution in [0.2, 0.25) is 0 Å². The van der Waals surface area contributed by atoms with E-state index in [2.05, 4.69) is 26.0 Å². The van der Waals surface area contributed by atoms with Crippen molar-refractivity contribution in [1.29, 1.82) is 0 Å². The topological polar surface area (TPSA) is 111 Å². The predicted octanol–water partition coefficient (Wildman–Crippen LogP) is 2.38. The molecule has 4 aromatic rings. The summed E-state index contributed by atoms with van der Waals surface area (Å²) in [5, 5.41) is 4.40. The highest BCUT2D eigenvalue weighted by Crippen LogP contribution is 2.34. The van der Waals surface area contributed by atoms with E-state index in [-0.39, 0.29) is 11.5 Å². The fourth-order valence-corrected chi connectivity index (χ4v) is 5.41. The molecule has 1 fully saturated rings. The number of aryl methyl sites for hydroxylation is 1. The van der Waals surface area contributed by atoms with Gasteiger partial charge in [-0.2, -0.15) is 9.61 Å². The highest BCUT2D eigenvalue weighted by Gasteiger charge is 2.26. The van der Waals surface area contributed by atoms with Gasteiger partial charge in [0.1, 0.15) is 16.1 Å². The van der Waals surface area contributed by atoms with Crippen LogP contribution in [0.15, 0.2) is 47.5 Å². The number of hydrogen-bond donors (Lipinski definition) is 1. The Morgan fingerprint density at radius 1 is 1.10 bits per heavy atom. The largest absolute Gasteiger partial charge is 0.383 e. The average molecular weight is 502 g/mol. The lowest BCUT2D eigenvalue weighted by atomic mass is 10.1. The number of nitrogens with zero attached hydrogens (tertiary/aromatic N) is 6. The lowest BCUT2D eigenvalue weighted by molar-refractivity contribution is 0.586. The second-order valence-corrected chi connectivity index (χ2v) is 10.7. The van der Waals surface area contributed by atoms with Crippen molar-refractivity contribution >= 4 is 43.1 Å². The molecule has 160 valence electrons. The van der Waals surface area contributed by atoms with Crippen LogP contribution in [0.1, 0.15) is 0 Å². The number of hydrogen-bond acceptors (Lipinski definition) is 7. The van der Waals surface area contributed by atoms with Crippen LogP contribution in [0, 0.1) is 0 Å². The molecule has 0 amide bonds. The molecule has 0 bridgehead atoms. The first kappa shape index (κ1) is 20.0. The lowest BCUT2D eigenvalue weighted by Gasteiger charge is -2.28. The molecule has 11 heteroatoms. The van der Waals surface area contributed by atoms with Crippen molar-refractivity contribution in [2.75, 3.05) is 35.2 Å². The maximum Gasteiger partial charge on any atom is 0.167 e. The number of fused-ring (bicyclic) bond motifs is 1. The van der Waals surface area contributed by atoms with Crippen LogP contribution in [0.5, 0.6) is 0 Å². The first-order chi connectivity index (χ1) is 14.8. The van der Waals surface area contributed by atoms with Gasteiger partial charge in [-0.15, -0.1) is 0 Å². The quantitative estimate of drug-likeness (QED) is 0.458. The van der Waals surface area contributed by atoms with Crippen LogP contribution >= 0.6 is 15.9 Å². The summed E-state index contributed by atoms with van der Waals surface area (Å²) in [7, 11) is -1.03. The molecule has 1 aliphatic rings. The summed E-state index contributed by atoms with van der Waals surface area (Å²) in [6.07, 6.45) is 7.51. The molecule has 9 nitrogen and oxygen atoms in total. The van der Waals surface area contributed by atoms with Crippen molar-refractivity contribution in [1.82, 2.24) is 24.1 Å². The van der Waals surface area contributed by atoms with Gasteiger partial charge in [0.15, 0.2) is 15.5 Å². The van der Waals surface area contributed by atoms with E-state index in [4.69, 9.17) is 10.7 Å². The highest BCUT2D eigenvalue weighted by molar-refractivity contribution is 9.10. The van der Waals surface area contributed by atoms with Gasteiger partial charge in [0.05, 0.1) is 23.4 Å². The van der Waals surface area contributed by atoms with Gasteiger partial charge in [-0.1, -0.05) is 6.07 Å². The first-order valence-electron chi connectivity index (χ1n) is 9.69. The Balaban J connectivity index is 1.55. The number of sulfone groups is 1. The second-order valence-electron chi connectivity index (χ2n) is 7.56. The van der Waals surface area contributed by atoms with Crippen LogP contribution in [0.4, 0.5) is 11.6 Å². The molecule has 5 rings (SSSR count). The average Bonchev–Trinajstić information content (AvgIpc) is 3.37. The molecule has 0 saturated carbocycles. The number of aromatic nitrogens is 5. The Kier molecular flexibility index (Phi) is 4.74. The van der Waals surface area contributed by atoms with Gasteiger partial charge in [0.2, 0.25) is 0 Å². The molecular weight excluding hydrogens is 482 g/mol. The van der Waals surface area contributed by atoms with E-state index in [0.29, 0.717) is 34.8 Å². The number of nitrogen functional groups attached to an aromatic ring is 1. The van der Waals surface area contributed by atoms with Crippen molar-refractivity contribution in [3.05, 3.63) is 47.5 Å². The third-order valence-electron chi connectivity index (χ3n) is 5.45. The molecule has 0 aliphatic carbocycles. The summed E-state index contributed by atoms with van der Waals surface area (Å²) in [5.41, 5.74) is 10.5. The maximum absolute atomic E-state index is 11.8. The Morgan fingerprint density at radius 2 is 1.87 bits per heavy atom. The third kappa shape index (κ3) is 3.57. The summed E-state index contributed by atoms with van der Waals surface area (Å²) in [6, 6.07) is 5.97. The van der Waals surface area contributed by atoms with Crippen molar-refractivity contribution in [2.24, 2.45) is 7.05 Å². The Bertz CT molecular complexity index is 1380. The fraction of sp³-hybridized carbons (Fsp3) is 0.250. The normalized spacial score (nSPS) is 16.1. The summed E-state index contributed by atoms with van der Waals surface area (Å²) in [4.78, 5) is 11.3. The van der Waals surface area contributed by atoms with Crippen molar-refractivity contribution in [2.45, 2.75) is 0 Å². The molecule has 0 spiro atoms. The van der Waals surface area contributed by atoms with Gasteiger partial charge >= 0.3 is 0 Å². The van der Waals surface area contributed by atoms with E-state index < -0.39 is 9.84 Å². The van der Waals surface area contributed by atoms with Crippen LogP contribution in [-0.4, -0.2) is 57.2 Å². The minimum atomic E-state index is -3.00. The molecule has 31 heavy (non-hydrogen) atoms. The number of rotatable bonds is 3. The van der Waals surface area contributed by atoms with E-state index in [1.807, 2.05) is 47.1 Å². The van der Waals surface area contributed by atoms with Gasteiger partial charge in [-0.25, -0.2) is 13.4 Å². The molecular formula is C20H20BrN7O2S. The summed E-state index contributed by atoms with van der Waals surface area (Å²) in [6.45, 7) is 0.751. The van der Waals surface area contributed by atoms with Gasteiger partial charge in [-0.3, -0.25) is 4.98 Å². The summed E-state index contributed by atoms with van der Waals surface area (Å²) < 4.78 is 27.8. The van der Waals surface area contributed by atoms with Crippen LogP contribution in [-0.2, 0) is 16.9 Å². The molecule has 0 atom stereocenters. The number of nitrogens with two attached hydrogens (primary N) is 1. The SMILES string of the molecule is Cn1ccc(-c2ccc(-c3cnn4c(N)c(Br)c(N5CCS(=O)(=O)CC5)nc34)cn2)c1. The monoisotopic (exact) mass is 501 g/mol. The second kappa shape index (κ2) is 7.34. The van der Waals surface area contributed by atoms with E-state index in [9.17, 15) is 8.42 Å². The zero-order valence-electron chi connectivity index (χ0n) is 16.7. The first-order valence-corrected chi connectivity index (χ1v) is 12.3. The summed E-state index contributed by atoms with van der Waals surface area (Å²) in [5.74, 6) is 1.23. The number of pyridine rings is 1. The van der Waals surface area contributed by atoms with E-state index in [1.54, 1.807) is 16.9 Å². The molecule has 1 saturated heterocycles. The summed E-state index contributed by atoms with van der Waals surface area (Å²) >= 11 is 3.51. The minimum absolute atomic E-state index is 0.100. The van der Waals surface area contributed by atoms with Crippen molar-refractivity contribution in [3.63, 3.8) is 0 Å². The van der Waals surface area contributed by atoms with Gasteiger partial charge in [0, 0.05) is 55.4 Å². The predicted molar refractivity (Wildman–Crippen MR) is 124 cm³/mol. The Hall–Kier alpha value is -2.92. The third-order valence-corrected chi connectivity index (χ3v) is 7.82. The molecule has 2 N–H and O–H groups in total. The molecule has 0 radical (unpaired) electrons. The molecule has 0 unspecified atom stereocenters. The Labute approximate surface area is 187 Å². The number of halogens is 1.